The van der Waals surface area contributed by atoms with Gasteiger partial charge in [-0.3, -0.25) is 4.79 Å². The number of alkyl halides is 3. The Bertz CT molecular complexity index is 804. The zero-order valence-electron chi connectivity index (χ0n) is 14.6. The lowest BCUT2D eigenvalue weighted by atomic mass is 9.61. The summed E-state index contributed by atoms with van der Waals surface area (Å²) in [5.41, 5.74) is -0.396. The summed E-state index contributed by atoms with van der Waals surface area (Å²) in [7, 11) is 0. The molecule has 1 N–H and O–H groups in total. The van der Waals surface area contributed by atoms with Crippen molar-refractivity contribution in [1.82, 2.24) is 5.32 Å². The predicted octanol–water partition coefficient (Wildman–Crippen LogP) is 4.85. The van der Waals surface area contributed by atoms with E-state index >= 15 is 0 Å². The molecule has 2 fully saturated rings. The zero-order valence-corrected chi connectivity index (χ0v) is 15.4. The van der Waals surface area contributed by atoms with Crippen LogP contribution in [-0.4, -0.2) is 19.1 Å². The molecule has 3 unspecified atom stereocenters. The van der Waals surface area contributed by atoms with Gasteiger partial charge in [-0.25, -0.2) is 0 Å². The van der Waals surface area contributed by atoms with Gasteiger partial charge in [0, 0.05) is 11.9 Å². The van der Waals surface area contributed by atoms with Crippen molar-refractivity contribution >= 4 is 17.3 Å². The van der Waals surface area contributed by atoms with E-state index in [-0.39, 0.29) is 17.8 Å². The average Bonchev–Trinajstić information content (AvgIpc) is 3.30. The van der Waals surface area contributed by atoms with Crippen LogP contribution in [0.4, 0.5) is 13.2 Å². The van der Waals surface area contributed by atoms with E-state index in [0.717, 1.165) is 37.0 Å². The second kappa shape index (κ2) is 6.95. The summed E-state index contributed by atoms with van der Waals surface area (Å²) in [5, 5.41) is 6.97. The molecule has 0 spiro atoms. The van der Waals surface area contributed by atoms with Crippen LogP contribution in [0.25, 0.3) is 0 Å². The van der Waals surface area contributed by atoms with E-state index < -0.39 is 17.2 Å². The Balaban J connectivity index is 1.59. The van der Waals surface area contributed by atoms with E-state index in [1.807, 2.05) is 5.38 Å². The first-order chi connectivity index (χ1) is 12.9. The molecule has 7 heteroatoms. The summed E-state index contributed by atoms with van der Waals surface area (Å²) in [5.74, 6) is 0.398. The smallest absolute Gasteiger partial charge is 0.416 e. The second-order valence-electron chi connectivity index (χ2n) is 7.36. The number of carbonyl (C=O) groups is 1. The molecule has 144 valence electrons. The van der Waals surface area contributed by atoms with Gasteiger partial charge >= 0.3 is 12.1 Å². The quantitative estimate of drug-likeness (QED) is 0.756. The van der Waals surface area contributed by atoms with Gasteiger partial charge in [0.1, 0.15) is 5.75 Å². The number of hydrogen-bond acceptors (Lipinski definition) is 4. The number of halogens is 3. The molecule has 1 aliphatic heterocycles. The average molecular weight is 395 g/mol. The molecule has 0 amide bonds. The van der Waals surface area contributed by atoms with E-state index in [1.165, 1.54) is 11.3 Å². The van der Waals surface area contributed by atoms with Gasteiger partial charge < -0.3 is 10.1 Å². The van der Waals surface area contributed by atoms with Crippen LogP contribution < -0.4 is 10.1 Å². The third-order valence-electron chi connectivity index (χ3n) is 5.92. The summed E-state index contributed by atoms with van der Waals surface area (Å²) in [6.45, 7) is 1.22. The highest BCUT2D eigenvalue weighted by Gasteiger charge is 2.55. The summed E-state index contributed by atoms with van der Waals surface area (Å²) >= 11 is 1.47. The molecule has 3 atom stereocenters. The highest BCUT2D eigenvalue weighted by molar-refractivity contribution is 7.08. The fourth-order valence-electron chi connectivity index (χ4n) is 4.58. The SMILES string of the molecule is O=C(Oc1ccsc1)C12CCCC(c3ccc(C(F)(F)F)cc3)C1CNC2. The lowest BCUT2D eigenvalue weighted by Crippen LogP contribution is -2.46. The molecular formula is C20H20F3NO2S. The first kappa shape index (κ1) is 18.5. The lowest BCUT2D eigenvalue weighted by Gasteiger charge is -2.41. The zero-order chi connectivity index (χ0) is 19.1. The Morgan fingerprint density at radius 3 is 2.67 bits per heavy atom. The fourth-order valence-corrected chi connectivity index (χ4v) is 5.13. The summed E-state index contributed by atoms with van der Waals surface area (Å²) in [6, 6.07) is 7.17. The van der Waals surface area contributed by atoms with E-state index in [2.05, 4.69) is 5.32 Å². The van der Waals surface area contributed by atoms with Gasteiger partial charge in [0.05, 0.1) is 11.0 Å². The molecule has 0 bridgehead atoms. The Morgan fingerprint density at radius 2 is 2.00 bits per heavy atom. The maximum absolute atomic E-state index is 13.0. The normalized spacial score (nSPS) is 28.0. The van der Waals surface area contributed by atoms with Crippen molar-refractivity contribution in [2.24, 2.45) is 11.3 Å². The molecule has 1 aliphatic carbocycles. The number of ether oxygens (including phenoxy) is 1. The van der Waals surface area contributed by atoms with Gasteiger partial charge in [0.25, 0.3) is 0 Å². The van der Waals surface area contributed by atoms with Crippen molar-refractivity contribution in [3.63, 3.8) is 0 Å². The summed E-state index contributed by atoms with van der Waals surface area (Å²) < 4.78 is 44.2. The van der Waals surface area contributed by atoms with Crippen molar-refractivity contribution in [3.8, 4) is 5.75 Å². The Morgan fingerprint density at radius 1 is 1.22 bits per heavy atom. The molecule has 1 saturated heterocycles. The van der Waals surface area contributed by atoms with Gasteiger partial charge in [-0.2, -0.15) is 13.2 Å². The predicted molar refractivity (Wildman–Crippen MR) is 96.8 cm³/mol. The first-order valence-corrected chi connectivity index (χ1v) is 9.97. The van der Waals surface area contributed by atoms with Crippen LogP contribution in [0.15, 0.2) is 41.1 Å². The van der Waals surface area contributed by atoms with Crippen LogP contribution in [0.2, 0.25) is 0 Å². The molecule has 1 saturated carbocycles. The molecule has 3 nitrogen and oxygen atoms in total. The minimum Gasteiger partial charge on any atom is -0.425 e. The number of benzene rings is 1. The summed E-state index contributed by atoms with van der Waals surface area (Å²) in [6.07, 6.45) is -1.88. The van der Waals surface area contributed by atoms with Crippen molar-refractivity contribution in [2.45, 2.75) is 31.4 Å². The number of hydrogen-bond donors (Lipinski definition) is 1. The number of rotatable bonds is 3. The molecule has 4 rings (SSSR count). The van der Waals surface area contributed by atoms with Crippen LogP contribution >= 0.6 is 11.3 Å². The minimum atomic E-state index is -4.34. The fraction of sp³-hybridized carbons (Fsp3) is 0.450. The van der Waals surface area contributed by atoms with Crippen LogP contribution in [0.5, 0.6) is 5.75 Å². The molecule has 2 aliphatic rings. The monoisotopic (exact) mass is 395 g/mol. The first-order valence-electron chi connectivity index (χ1n) is 9.02. The van der Waals surface area contributed by atoms with Gasteiger partial charge in [-0.1, -0.05) is 18.6 Å². The van der Waals surface area contributed by atoms with Crippen LogP contribution in [-0.2, 0) is 11.0 Å². The highest BCUT2D eigenvalue weighted by Crippen LogP contribution is 2.51. The Hall–Kier alpha value is -1.86. The highest BCUT2D eigenvalue weighted by atomic mass is 32.1. The topological polar surface area (TPSA) is 38.3 Å². The molecule has 1 aromatic carbocycles. The number of thiophene rings is 1. The second-order valence-corrected chi connectivity index (χ2v) is 8.14. The van der Waals surface area contributed by atoms with Gasteiger partial charge in [-0.05, 0) is 60.4 Å². The third kappa shape index (κ3) is 3.38. The number of fused-ring (bicyclic) bond motifs is 1. The van der Waals surface area contributed by atoms with E-state index in [9.17, 15) is 18.0 Å². The molecule has 1 aromatic heterocycles. The maximum Gasteiger partial charge on any atom is 0.416 e. The van der Waals surface area contributed by atoms with Gasteiger partial charge in [-0.15, -0.1) is 11.3 Å². The van der Waals surface area contributed by atoms with Crippen molar-refractivity contribution < 1.29 is 22.7 Å². The van der Waals surface area contributed by atoms with E-state index in [4.69, 9.17) is 4.74 Å². The van der Waals surface area contributed by atoms with E-state index in [1.54, 1.807) is 23.6 Å². The third-order valence-corrected chi connectivity index (χ3v) is 6.58. The van der Waals surface area contributed by atoms with Crippen LogP contribution in [0, 0.1) is 11.3 Å². The van der Waals surface area contributed by atoms with Crippen LogP contribution in [0.3, 0.4) is 0 Å². The van der Waals surface area contributed by atoms with E-state index in [0.29, 0.717) is 18.8 Å². The standard InChI is InChI=1S/C20H20F3NO2S/c21-20(22,23)14-5-3-13(4-6-14)16-2-1-8-19(12-24-10-17(16)19)18(25)26-15-7-9-27-11-15/h3-7,9,11,16-17,24H,1-2,8,10,12H2. The Labute approximate surface area is 159 Å². The largest absolute Gasteiger partial charge is 0.425 e. The minimum absolute atomic E-state index is 0.0223. The van der Waals surface area contributed by atoms with Crippen LogP contribution in [0.1, 0.15) is 36.3 Å². The Kier molecular flexibility index (Phi) is 4.76. The molecular weight excluding hydrogens is 375 g/mol. The van der Waals surface area contributed by atoms with Gasteiger partial charge in [0.15, 0.2) is 0 Å². The van der Waals surface area contributed by atoms with Crippen molar-refractivity contribution in [3.05, 3.63) is 52.2 Å². The molecule has 0 radical (unpaired) electrons. The number of carbonyl (C=O) groups excluding carboxylic acids is 1. The molecule has 2 heterocycles. The lowest BCUT2D eigenvalue weighted by molar-refractivity contribution is -0.149. The molecule has 2 aromatic rings. The number of nitrogens with one attached hydrogen (secondary N) is 1. The van der Waals surface area contributed by atoms with Gasteiger partial charge in [0.2, 0.25) is 0 Å². The van der Waals surface area contributed by atoms with Crippen molar-refractivity contribution in [1.29, 1.82) is 0 Å². The van der Waals surface area contributed by atoms with Crippen molar-refractivity contribution in [2.75, 3.05) is 13.1 Å². The maximum atomic E-state index is 13.0. The molecule has 27 heavy (non-hydrogen) atoms. The number of esters is 1. The summed E-state index contributed by atoms with van der Waals surface area (Å²) in [4.78, 5) is 13.0.